The van der Waals surface area contributed by atoms with E-state index in [0.717, 1.165) is 5.56 Å². The average molecular weight is 324 g/mol. The topological polar surface area (TPSA) is 72.1 Å². The number of hydrogen-bond donors (Lipinski definition) is 0. The first kappa shape index (κ1) is 14.5. The summed E-state index contributed by atoms with van der Waals surface area (Å²) in [5.74, 6) is 0.311. The van der Waals surface area contributed by atoms with Crippen molar-refractivity contribution >= 4 is 11.6 Å². The number of halogens is 1. The lowest BCUT2D eigenvalue weighted by Crippen LogP contribution is -2.24. The van der Waals surface area contributed by atoms with Gasteiger partial charge in [-0.15, -0.1) is 0 Å². The number of benzene rings is 1. The highest BCUT2D eigenvalue weighted by atomic mass is 19.1. The number of aromatic nitrogens is 3. The highest BCUT2D eigenvalue weighted by Crippen LogP contribution is 2.31. The Hall–Kier alpha value is -3.09. The minimum absolute atomic E-state index is 0.0484. The second kappa shape index (κ2) is 5.84. The summed E-state index contributed by atoms with van der Waals surface area (Å²) in [6.45, 7) is 0.430. The van der Waals surface area contributed by atoms with Gasteiger partial charge < -0.3 is 9.42 Å². The standard InChI is InChI=1S/C17H13FN4O2/c18-13-3-5-14(6-4-13)22-10-12(8-15(22)23)17-20-16(21-24-17)11-2-1-7-19-9-11/h1-7,9,12H,8,10H2/t12-/m1/s1. The smallest absolute Gasteiger partial charge is 0.232 e. The number of pyridine rings is 1. The summed E-state index contributed by atoms with van der Waals surface area (Å²) in [6, 6.07) is 9.48. The van der Waals surface area contributed by atoms with Crippen LogP contribution in [0.2, 0.25) is 0 Å². The molecule has 4 rings (SSSR count). The van der Waals surface area contributed by atoms with E-state index in [1.54, 1.807) is 35.5 Å². The molecule has 1 aliphatic heterocycles. The number of anilines is 1. The van der Waals surface area contributed by atoms with E-state index < -0.39 is 0 Å². The van der Waals surface area contributed by atoms with Gasteiger partial charge in [-0.05, 0) is 36.4 Å². The molecule has 2 aromatic heterocycles. The van der Waals surface area contributed by atoms with Gasteiger partial charge in [0.2, 0.25) is 17.6 Å². The van der Waals surface area contributed by atoms with Crippen LogP contribution in [-0.4, -0.2) is 27.6 Å². The molecule has 0 radical (unpaired) electrons. The van der Waals surface area contributed by atoms with Gasteiger partial charge >= 0.3 is 0 Å². The lowest BCUT2D eigenvalue weighted by atomic mass is 10.1. The molecule has 6 nitrogen and oxygen atoms in total. The minimum atomic E-state index is -0.333. The van der Waals surface area contributed by atoms with Gasteiger partial charge in [-0.1, -0.05) is 5.16 Å². The molecule has 1 fully saturated rings. The number of carbonyl (C=O) groups is 1. The van der Waals surface area contributed by atoms with Crippen LogP contribution in [-0.2, 0) is 4.79 Å². The van der Waals surface area contributed by atoms with Crippen LogP contribution in [0.15, 0.2) is 53.3 Å². The van der Waals surface area contributed by atoms with E-state index in [4.69, 9.17) is 4.52 Å². The lowest BCUT2D eigenvalue weighted by Gasteiger charge is -2.15. The molecule has 3 aromatic rings. The van der Waals surface area contributed by atoms with Gasteiger partial charge in [0.25, 0.3) is 0 Å². The molecule has 0 N–H and O–H groups in total. The Labute approximate surface area is 136 Å². The van der Waals surface area contributed by atoms with Crippen molar-refractivity contribution in [3.8, 4) is 11.4 Å². The third kappa shape index (κ3) is 2.64. The summed E-state index contributed by atoms with van der Waals surface area (Å²) >= 11 is 0. The molecule has 1 amide bonds. The summed E-state index contributed by atoms with van der Waals surface area (Å²) in [4.78, 5) is 22.3. The van der Waals surface area contributed by atoms with E-state index in [9.17, 15) is 9.18 Å². The second-order valence-corrected chi connectivity index (χ2v) is 5.58. The van der Waals surface area contributed by atoms with Crippen LogP contribution in [0.3, 0.4) is 0 Å². The van der Waals surface area contributed by atoms with Crippen LogP contribution in [0.25, 0.3) is 11.4 Å². The minimum Gasteiger partial charge on any atom is -0.339 e. The van der Waals surface area contributed by atoms with E-state index >= 15 is 0 Å². The predicted molar refractivity (Wildman–Crippen MR) is 83.6 cm³/mol. The number of nitrogens with zero attached hydrogens (tertiary/aromatic N) is 4. The maximum atomic E-state index is 13.0. The molecule has 1 aromatic carbocycles. The molecular formula is C17H13FN4O2. The molecule has 3 heterocycles. The molecule has 1 aliphatic rings. The first-order valence-electron chi connectivity index (χ1n) is 7.50. The van der Waals surface area contributed by atoms with Crippen LogP contribution in [0.5, 0.6) is 0 Å². The molecule has 0 bridgehead atoms. The Balaban J connectivity index is 1.55. The van der Waals surface area contributed by atoms with E-state index in [2.05, 4.69) is 15.1 Å². The molecule has 1 atom stereocenters. The van der Waals surface area contributed by atoms with Gasteiger partial charge in [0.15, 0.2) is 0 Å². The van der Waals surface area contributed by atoms with Gasteiger partial charge in [-0.3, -0.25) is 9.78 Å². The van der Waals surface area contributed by atoms with Gasteiger partial charge in [0.1, 0.15) is 5.82 Å². The van der Waals surface area contributed by atoms with Gasteiger partial charge in [0.05, 0.1) is 5.92 Å². The molecule has 7 heteroatoms. The van der Waals surface area contributed by atoms with E-state index in [1.807, 2.05) is 6.07 Å². The van der Waals surface area contributed by atoms with Crippen molar-refractivity contribution in [2.45, 2.75) is 12.3 Å². The van der Waals surface area contributed by atoms with E-state index in [0.29, 0.717) is 23.9 Å². The Morgan fingerprint density at radius 2 is 2.04 bits per heavy atom. The van der Waals surface area contributed by atoms with Crippen molar-refractivity contribution in [2.24, 2.45) is 0 Å². The maximum absolute atomic E-state index is 13.0. The zero-order valence-electron chi connectivity index (χ0n) is 12.6. The zero-order valence-corrected chi connectivity index (χ0v) is 12.6. The fourth-order valence-electron chi connectivity index (χ4n) is 2.76. The summed E-state index contributed by atoms with van der Waals surface area (Å²) in [7, 11) is 0. The highest BCUT2D eigenvalue weighted by Gasteiger charge is 2.35. The van der Waals surface area contributed by atoms with Crippen molar-refractivity contribution in [1.82, 2.24) is 15.1 Å². The summed E-state index contributed by atoms with van der Waals surface area (Å²) in [5, 5.41) is 3.96. The van der Waals surface area contributed by atoms with Crippen LogP contribution in [0.4, 0.5) is 10.1 Å². The monoisotopic (exact) mass is 324 g/mol. The lowest BCUT2D eigenvalue weighted by molar-refractivity contribution is -0.117. The van der Waals surface area contributed by atoms with Gasteiger partial charge in [-0.25, -0.2) is 4.39 Å². The highest BCUT2D eigenvalue weighted by molar-refractivity contribution is 5.96. The summed E-state index contributed by atoms with van der Waals surface area (Å²) in [6.07, 6.45) is 3.60. The predicted octanol–water partition coefficient (Wildman–Crippen LogP) is 2.79. The Morgan fingerprint density at radius 1 is 1.21 bits per heavy atom. The fraction of sp³-hybridized carbons (Fsp3) is 0.176. The van der Waals surface area contributed by atoms with Crippen LogP contribution < -0.4 is 4.90 Å². The molecule has 0 spiro atoms. The first-order chi connectivity index (χ1) is 11.7. The quantitative estimate of drug-likeness (QED) is 0.741. The zero-order chi connectivity index (χ0) is 16.5. The Kier molecular flexibility index (Phi) is 3.53. The fourth-order valence-corrected chi connectivity index (χ4v) is 2.76. The van der Waals surface area contributed by atoms with E-state index in [1.165, 1.54) is 12.1 Å². The Bertz CT molecular complexity index is 864. The van der Waals surface area contributed by atoms with Crippen molar-refractivity contribution in [1.29, 1.82) is 0 Å². The normalized spacial score (nSPS) is 17.5. The molecule has 0 saturated carbocycles. The van der Waals surface area contributed by atoms with E-state index in [-0.39, 0.29) is 24.1 Å². The number of carbonyl (C=O) groups excluding carboxylic acids is 1. The average Bonchev–Trinajstić information content (AvgIpc) is 3.23. The van der Waals surface area contributed by atoms with Crippen LogP contribution in [0, 0.1) is 5.82 Å². The number of hydrogen-bond acceptors (Lipinski definition) is 5. The molecule has 0 unspecified atom stereocenters. The van der Waals surface area contributed by atoms with Gasteiger partial charge in [-0.2, -0.15) is 4.98 Å². The first-order valence-corrected chi connectivity index (χ1v) is 7.50. The third-order valence-corrected chi connectivity index (χ3v) is 3.97. The van der Waals surface area contributed by atoms with Crippen molar-refractivity contribution in [2.75, 3.05) is 11.4 Å². The molecule has 120 valence electrons. The summed E-state index contributed by atoms with van der Waals surface area (Å²) in [5.41, 5.74) is 1.42. The number of rotatable bonds is 3. The van der Waals surface area contributed by atoms with Crippen LogP contribution in [0.1, 0.15) is 18.2 Å². The SMILES string of the molecule is O=C1C[C@@H](c2nc(-c3cccnc3)no2)CN1c1ccc(F)cc1. The van der Waals surface area contributed by atoms with Crippen LogP contribution >= 0.6 is 0 Å². The van der Waals surface area contributed by atoms with Gasteiger partial charge in [0, 0.05) is 36.6 Å². The molecule has 1 saturated heterocycles. The maximum Gasteiger partial charge on any atom is 0.232 e. The second-order valence-electron chi connectivity index (χ2n) is 5.58. The molecular weight excluding hydrogens is 311 g/mol. The third-order valence-electron chi connectivity index (χ3n) is 3.97. The van der Waals surface area contributed by atoms with Crippen molar-refractivity contribution < 1.29 is 13.7 Å². The molecule has 24 heavy (non-hydrogen) atoms. The largest absolute Gasteiger partial charge is 0.339 e. The number of amides is 1. The summed E-state index contributed by atoms with van der Waals surface area (Å²) < 4.78 is 18.4. The molecule has 0 aliphatic carbocycles. The van der Waals surface area contributed by atoms with Crippen molar-refractivity contribution in [3.05, 3.63) is 60.5 Å². The van der Waals surface area contributed by atoms with Crippen molar-refractivity contribution in [3.63, 3.8) is 0 Å². The Morgan fingerprint density at radius 3 is 2.79 bits per heavy atom.